The van der Waals surface area contributed by atoms with Gasteiger partial charge in [0, 0.05) is 56.5 Å². The number of halogens is 1. The van der Waals surface area contributed by atoms with Crippen LogP contribution in [0, 0.1) is 0 Å². The minimum Gasteiger partial charge on any atom is -0.463 e. The number of likely N-dealkylation sites (N-methyl/N-ethyl adjacent to an activating group) is 1. The Kier molecular flexibility index (Phi) is 8.57. The van der Waals surface area contributed by atoms with Crippen LogP contribution in [0.5, 0.6) is 0 Å². The standard InChI is InChI=1S/C23H32ClN5O4/c1-4-25-22(31)28-13-11-27(12-14-28)15-18-19(21(30)33-6-3)20(26-23(32)29(18)5-2)16-9-7-8-10-17(16)24/h7-10,20H,4-6,11-15H2,1-3H3,(H,25,31)(H,26,32)/t20-/m1/s1. The third-order valence-corrected chi connectivity index (χ3v) is 6.17. The van der Waals surface area contributed by atoms with Crippen LogP contribution < -0.4 is 10.6 Å². The number of urea groups is 2. The first-order chi connectivity index (χ1) is 15.9. The topological polar surface area (TPSA) is 94.2 Å². The molecule has 2 N–H and O–H groups in total. The molecule has 0 unspecified atom stereocenters. The van der Waals surface area contributed by atoms with Crippen molar-refractivity contribution in [3.8, 4) is 0 Å². The van der Waals surface area contributed by atoms with Crippen LogP contribution in [0.4, 0.5) is 9.59 Å². The van der Waals surface area contributed by atoms with Crippen molar-refractivity contribution in [3.05, 3.63) is 46.1 Å². The molecule has 1 saturated heterocycles. The summed E-state index contributed by atoms with van der Waals surface area (Å²) in [4.78, 5) is 43.8. The minimum absolute atomic E-state index is 0.0745. The number of amides is 4. The molecule has 0 radical (unpaired) electrons. The van der Waals surface area contributed by atoms with Gasteiger partial charge in [-0.25, -0.2) is 14.4 Å². The number of nitrogens with zero attached hydrogens (tertiary/aromatic N) is 3. The Balaban J connectivity index is 1.94. The number of piperazine rings is 1. The van der Waals surface area contributed by atoms with Crippen LogP contribution in [0.1, 0.15) is 32.4 Å². The highest BCUT2D eigenvalue weighted by Crippen LogP contribution is 2.35. The van der Waals surface area contributed by atoms with Gasteiger partial charge in [0.2, 0.25) is 0 Å². The van der Waals surface area contributed by atoms with E-state index < -0.39 is 12.0 Å². The number of nitrogens with one attached hydrogen (secondary N) is 2. The summed E-state index contributed by atoms with van der Waals surface area (Å²) in [5.41, 5.74) is 1.64. The average molecular weight is 478 g/mol. The second-order valence-corrected chi connectivity index (χ2v) is 8.23. The van der Waals surface area contributed by atoms with Crippen molar-refractivity contribution < 1.29 is 19.1 Å². The summed E-state index contributed by atoms with van der Waals surface area (Å²) in [5, 5.41) is 6.22. The van der Waals surface area contributed by atoms with E-state index >= 15 is 0 Å². The molecule has 1 aromatic rings. The highest BCUT2D eigenvalue weighted by Gasteiger charge is 2.39. The molecule has 180 valence electrons. The quantitative estimate of drug-likeness (QED) is 0.589. The highest BCUT2D eigenvalue weighted by atomic mass is 35.5. The summed E-state index contributed by atoms with van der Waals surface area (Å²) in [6.07, 6.45) is 0. The van der Waals surface area contributed by atoms with Crippen LogP contribution in [-0.2, 0) is 9.53 Å². The Morgan fingerprint density at radius 2 is 1.85 bits per heavy atom. The lowest BCUT2D eigenvalue weighted by Crippen LogP contribution is -2.55. The SMILES string of the molecule is CCNC(=O)N1CCN(CC2=C(C(=O)OCC)[C@@H](c3ccccc3Cl)NC(=O)N2CC)CC1. The van der Waals surface area contributed by atoms with Gasteiger partial charge in [0.05, 0.1) is 18.2 Å². The fourth-order valence-electron chi connectivity index (χ4n) is 4.18. The maximum Gasteiger partial charge on any atom is 0.338 e. The number of carbonyl (C=O) groups is 3. The molecule has 33 heavy (non-hydrogen) atoms. The van der Waals surface area contributed by atoms with Gasteiger partial charge < -0.3 is 20.3 Å². The zero-order valence-electron chi connectivity index (χ0n) is 19.4. The first-order valence-electron chi connectivity index (χ1n) is 11.4. The van der Waals surface area contributed by atoms with Crippen molar-refractivity contribution >= 4 is 29.6 Å². The van der Waals surface area contributed by atoms with Gasteiger partial charge in [-0.05, 0) is 32.4 Å². The predicted molar refractivity (Wildman–Crippen MR) is 126 cm³/mol. The number of rotatable bonds is 7. The molecule has 2 aliphatic heterocycles. The average Bonchev–Trinajstić information content (AvgIpc) is 2.80. The molecule has 0 aliphatic carbocycles. The first kappa shape index (κ1) is 24.9. The number of benzene rings is 1. The Morgan fingerprint density at radius 3 is 2.45 bits per heavy atom. The van der Waals surface area contributed by atoms with E-state index in [9.17, 15) is 14.4 Å². The van der Waals surface area contributed by atoms with E-state index in [-0.39, 0.29) is 18.7 Å². The normalized spacial score (nSPS) is 19.4. The summed E-state index contributed by atoms with van der Waals surface area (Å²) in [5.74, 6) is -0.475. The molecule has 0 bridgehead atoms. The van der Waals surface area contributed by atoms with E-state index in [2.05, 4.69) is 15.5 Å². The van der Waals surface area contributed by atoms with Gasteiger partial charge in [-0.1, -0.05) is 29.8 Å². The molecule has 2 heterocycles. The molecular formula is C23H32ClN5O4. The predicted octanol–water partition coefficient (Wildman–Crippen LogP) is 2.59. The summed E-state index contributed by atoms with van der Waals surface area (Å²) in [7, 11) is 0. The Bertz CT molecular complexity index is 914. The number of ether oxygens (including phenoxy) is 1. The van der Waals surface area contributed by atoms with E-state index in [4.69, 9.17) is 16.3 Å². The summed E-state index contributed by atoms with van der Waals surface area (Å²) >= 11 is 6.44. The lowest BCUT2D eigenvalue weighted by atomic mass is 9.94. The van der Waals surface area contributed by atoms with Crippen molar-refractivity contribution in [1.29, 1.82) is 0 Å². The van der Waals surface area contributed by atoms with Crippen molar-refractivity contribution in [2.24, 2.45) is 0 Å². The van der Waals surface area contributed by atoms with Gasteiger partial charge in [-0.3, -0.25) is 9.80 Å². The maximum absolute atomic E-state index is 13.1. The molecule has 1 aromatic carbocycles. The molecule has 2 aliphatic rings. The Hall–Kier alpha value is -2.78. The van der Waals surface area contributed by atoms with Crippen LogP contribution in [0.15, 0.2) is 35.5 Å². The molecule has 0 aromatic heterocycles. The summed E-state index contributed by atoms with van der Waals surface area (Å²) in [6.45, 7) is 9.50. The molecule has 1 fully saturated rings. The molecule has 9 nitrogen and oxygen atoms in total. The molecule has 4 amide bonds. The molecule has 0 spiro atoms. The number of hydrogen-bond donors (Lipinski definition) is 2. The van der Waals surface area contributed by atoms with Crippen molar-refractivity contribution in [1.82, 2.24) is 25.3 Å². The van der Waals surface area contributed by atoms with Gasteiger partial charge in [-0.2, -0.15) is 0 Å². The lowest BCUT2D eigenvalue weighted by molar-refractivity contribution is -0.139. The number of carbonyl (C=O) groups excluding carboxylic acids is 3. The van der Waals surface area contributed by atoms with Gasteiger partial charge >= 0.3 is 18.0 Å². The highest BCUT2D eigenvalue weighted by molar-refractivity contribution is 6.31. The largest absolute Gasteiger partial charge is 0.463 e. The molecule has 0 saturated carbocycles. The summed E-state index contributed by atoms with van der Waals surface area (Å²) in [6, 6.07) is 6.09. The van der Waals surface area contributed by atoms with Crippen LogP contribution >= 0.6 is 11.6 Å². The molecule has 10 heteroatoms. The fraction of sp³-hybridized carbons (Fsp3) is 0.522. The third kappa shape index (κ3) is 5.59. The lowest BCUT2D eigenvalue weighted by Gasteiger charge is -2.40. The van der Waals surface area contributed by atoms with E-state index in [0.29, 0.717) is 67.7 Å². The van der Waals surface area contributed by atoms with Gasteiger partial charge in [-0.15, -0.1) is 0 Å². The van der Waals surface area contributed by atoms with Gasteiger partial charge in [0.15, 0.2) is 0 Å². The Morgan fingerprint density at radius 1 is 1.15 bits per heavy atom. The fourth-order valence-corrected chi connectivity index (χ4v) is 4.43. The number of hydrogen-bond acceptors (Lipinski definition) is 5. The van der Waals surface area contributed by atoms with Crippen LogP contribution in [0.3, 0.4) is 0 Å². The van der Waals surface area contributed by atoms with E-state index in [0.717, 1.165) is 0 Å². The van der Waals surface area contributed by atoms with Gasteiger partial charge in [0.1, 0.15) is 0 Å². The Labute approximate surface area is 199 Å². The van der Waals surface area contributed by atoms with Crippen molar-refractivity contribution in [2.45, 2.75) is 26.8 Å². The second-order valence-electron chi connectivity index (χ2n) is 7.83. The number of esters is 1. The first-order valence-corrected chi connectivity index (χ1v) is 11.8. The zero-order chi connectivity index (χ0) is 24.0. The van der Waals surface area contributed by atoms with E-state index in [1.54, 1.807) is 34.9 Å². The smallest absolute Gasteiger partial charge is 0.338 e. The minimum atomic E-state index is -0.709. The van der Waals surface area contributed by atoms with Gasteiger partial charge in [0.25, 0.3) is 0 Å². The van der Waals surface area contributed by atoms with E-state index in [1.807, 2.05) is 19.9 Å². The zero-order valence-corrected chi connectivity index (χ0v) is 20.2. The van der Waals surface area contributed by atoms with E-state index in [1.165, 1.54) is 0 Å². The van der Waals surface area contributed by atoms with Crippen molar-refractivity contribution in [2.75, 3.05) is 52.4 Å². The maximum atomic E-state index is 13.1. The molecule has 1 atom stereocenters. The van der Waals surface area contributed by atoms with Crippen LogP contribution in [0.2, 0.25) is 5.02 Å². The second kappa shape index (κ2) is 11.4. The monoisotopic (exact) mass is 477 g/mol. The van der Waals surface area contributed by atoms with Crippen molar-refractivity contribution in [3.63, 3.8) is 0 Å². The van der Waals surface area contributed by atoms with Crippen LogP contribution in [0.25, 0.3) is 0 Å². The van der Waals surface area contributed by atoms with Crippen LogP contribution in [-0.4, -0.2) is 85.2 Å². The molecular weight excluding hydrogens is 446 g/mol. The molecule has 3 rings (SSSR count). The summed E-state index contributed by atoms with van der Waals surface area (Å²) < 4.78 is 5.40. The third-order valence-electron chi connectivity index (χ3n) is 5.83.